The molecule has 3 aliphatic heterocycles. The van der Waals surface area contributed by atoms with Crippen LogP contribution in [0.3, 0.4) is 0 Å². The number of hydrogen-bond donors (Lipinski definition) is 0. The van der Waals surface area contributed by atoms with Crippen LogP contribution in [0, 0.1) is 11.6 Å². The van der Waals surface area contributed by atoms with Crippen LogP contribution in [0.1, 0.15) is 62.7 Å². The fourth-order valence-corrected chi connectivity index (χ4v) is 7.50. The van der Waals surface area contributed by atoms with Crippen molar-refractivity contribution in [2.45, 2.75) is 52.4 Å². The van der Waals surface area contributed by atoms with Crippen LogP contribution in [0.25, 0.3) is 16.6 Å². The van der Waals surface area contributed by atoms with Gasteiger partial charge in [-0.1, -0.05) is 19.8 Å². The fourth-order valence-electron chi connectivity index (χ4n) is 7.50. The minimum absolute atomic E-state index is 0.0183. The van der Waals surface area contributed by atoms with Crippen LogP contribution >= 0.6 is 0 Å². The van der Waals surface area contributed by atoms with E-state index < -0.39 is 23.0 Å². The maximum Gasteiger partial charge on any atom is 0.263 e. The number of rotatable bonds is 17. The topological polar surface area (TPSA) is 73.2 Å². The van der Waals surface area contributed by atoms with Crippen molar-refractivity contribution < 1.29 is 32.3 Å². The molecule has 7 rings (SSSR count). The highest BCUT2D eigenvalue weighted by Crippen LogP contribution is 2.30. The molecule has 0 radical (unpaired) electrons. The number of quaternary nitrogens is 1. The molecule has 9 nitrogen and oxygen atoms in total. The first-order chi connectivity index (χ1) is 25.2. The lowest BCUT2D eigenvalue weighted by molar-refractivity contribution is -0.941. The van der Waals surface area contributed by atoms with Crippen molar-refractivity contribution in [2.75, 3.05) is 77.6 Å². The van der Waals surface area contributed by atoms with Crippen molar-refractivity contribution in [3.05, 3.63) is 88.2 Å². The standard InChI is InChI=1S/C41H51F2N4O5/c1-4-20-51-36-26-33(25-35(27-36)50-3)46-29-38(41(49)45(5-2)32-23-30(42)22-31(43)24-32)40(48)37-12-11-34(28-39(37)46)52-21-10-8-6-7-9-16-47-17-13-44(14-18-47)15-19-47/h11-12,22-29H,4-10,13-21H2,1-3H3/q+1. The smallest absolute Gasteiger partial charge is 0.263 e. The van der Waals surface area contributed by atoms with E-state index in [9.17, 15) is 18.4 Å². The van der Waals surface area contributed by atoms with Crippen LogP contribution in [0.4, 0.5) is 14.5 Å². The zero-order valence-corrected chi connectivity index (χ0v) is 30.7. The van der Waals surface area contributed by atoms with Gasteiger partial charge in [-0.05, 0) is 56.9 Å². The number of fused-ring (bicyclic) bond motifs is 4. The summed E-state index contributed by atoms with van der Waals surface area (Å²) in [5.74, 6) is -0.614. The molecule has 1 amide bonds. The number of ether oxygens (including phenoxy) is 3. The molecule has 0 aliphatic carbocycles. The number of unbranched alkanes of at least 4 members (excludes halogenated alkanes) is 4. The van der Waals surface area contributed by atoms with E-state index in [1.165, 1.54) is 80.7 Å². The Morgan fingerprint density at radius 3 is 2.17 bits per heavy atom. The predicted molar refractivity (Wildman–Crippen MR) is 200 cm³/mol. The van der Waals surface area contributed by atoms with Crippen LogP contribution in [0.15, 0.2) is 65.6 Å². The Hall–Kier alpha value is -4.48. The van der Waals surface area contributed by atoms with Crippen molar-refractivity contribution >= 4 is 22.5 Å². The molecule has 0 atom stereocenters. The molecule has 3 aromatic carbocycles. The summed E-state index contributed by atoms with van der Waals surface area (Å²) < 4.78 is 49.2. The summed E-state index contributed by atoms with van der Waals surface area (Å²) >= 11 is 0. The highest BCUT2D eigenvalue weighted by atomic mass is 19.1. The summed E-state index contributed by atoms with van der Waals surface area (Å²) in [5.41, 5.74) is 0.488. The Morgan fingerprint density at radius 2 is 1.48 bits per heavy atom. The molecule has 3 fully saturated rings. The Kier molecular flexibility index (Phi) is 12.1. The van der Waals surface area contributed by atoms with E-state index in [4.69, 9.17) is 14.2 Å². The number of carbonyl (C=O) groups excluding carboxylic acids is 1. The van der Waals surface area contributed by atoms with Crippen LogP contribution in [-0.2, 0) is 0 Å². The zero-order chi connectivity index (χ0) is 36.7. The summed E-state index contributed by atoms with van der Waals surface area (Å²) in [4.78, 5) is 31.8. The minimum Gasteiger partial charge on any atom is -0.497 e. The first-order valence-corrected chi connectivity index (χ1v) is 18.7. The van der Waals surface area contributed by atoms with E-state index in [0.717, 1.165) is 37.5 Å². The van der Waals surface area contributed by atoms with Crippen LogP contribution in [-0.4, -0.2) is 92.5 Å². The molecule has 0 unspecified atom stereocenters. The average Bonchev–Trinajstić information content (AvgIpc) is 3.15. The Labute approximate surface area is 304 Å². The normalized spacial score (nSPS) is 18.1. The van der Waals surface area contributed by atoms with Crippen molar-refractivity contribution in [1.82, 2.24) is 9.47 Å². The van der Waals surface area contributed by atoms with E-state index in [2.05, 4.69) is 4.90 Å². The molecule has 4 heterocycles. The van der Waals surface area contributed by atoms with E-state index in [1.807, 2.05) is 19.1 Å². The first kappa shape index (κ1) is 37.3. The number of carbonyl (C=O) groups is 1. The fraction of sp³-hybridized carbons (Fsp3) is 0.463. The van der Waals surface area contributed by atoms with Gasteiger partial charge < -0.3 is 28.2 Å². The monoisotopic (exact) mass is 717 g/mol. The summed E-state index contributed by atoms with van der Waals surface area (Å²) in [5, 5.41) is 0.292. The number of halogens is 2. The zero-order valence-electron chi connectivity index (χ0n) is 30.7. The van der Waals surface area contributed by atoms with Gasteiger partial charge in [0.1, 0.15) is 34.4 Å². The number of aromatic nitrogens is 1. The highest BCUT2D eigenvalue weighted by molar-refractivity contribution is 6.07. The van der Waals surface area contributed by atoms with Gasteiger partial charge in [0.05, 0.1) is 57.7 Å². The number of benzene rings is 3. The summed E-state index contributed by atoms with van der Waals surface area (Å²) in [6.45, 7) is 13.8. The van der Waals surface area contributed by atoms with Gasteiger partial charge in [-0.25, -0.2) is 8.78 Å². The average molecular weight is 718 g/mol. The van der Waals surface area contributed by atoms with Crippen molar-refractivity contribution in [2.24, 2.45) is 0 Å². The van der Waals surface area contributed by atoms with Crippen molar-refractivity contribution in [1.29, 1.82) is 0 Å². The number of hydrogen-bond acceptors (Lipinski definition) is 6. The molecule has 3 saturated heterocycles. The quantitative estimate of drug-likeness (QED) is 0.0850. The Morgan fingerprint density at radius 1 is 0.808 bits per heavy atom. The second-order valence-electron chi connectivity index (χ2n) is 14.0. The predicted octanol–water partition coefficient (Wildman–Crippen LogP) is 7.21. The lowest BCUT2D eigenvalue weighted by Crippen LogP contribution is -2.67. The van der Waals surface area contributed by atoms with Crippen LogP contribution in [0.2, 0.25) is 0 Å². The SMILES string of the molecule is CCCOc1cc(OC)cc(-n2cc(C(=O)N(CC)c3cc(F)cc(F)c3)c(=O)c3ccc(OCCCCCCC[N+]45CCN(CC4)CC5)cc32)c1. The van der Waals surface area contributed by atoms with E-state index in [0.29, 0.717) is 47.1 Å². The van der Waals surface area contributed by atoms with Gasteiger partial charge in [-0.2, -0.15) is 0 Å². The molecule has 3 aliphatic rings. The largest absolute Gasteiger partial charge is 0.497 e. The lowest BCUT2D eigenvalue weighted by Gasteiger charge is -2.50. The van der Waals surface area contributed by atoms with E-state index in [-0.39, 0.29) is 17.8 Å². The second-order valence-corrected chi connectivity index (χ2v) is 14.0. The molecule has 52 heavy (non-hydrogen) atoms. The lowest BCUT2D eigenvalue weighted by atomic mass is 10.1. The number of amides is 1. The number of methoxy groups -OCH3 is 1. The molecule has 1 aromatic heterocycles. The molecule has 0 saturated carbocycles. The third-order valence-corrected chi connectivity index (χ3v) is 10.5. The van der Waals surface area contributed by atoms with Gasteiger partial charge in [0, 0.05) is 73.8 Å². The second kappa shape index (κ2) is 16.9. The number of nitrogens with zero attached hydrogens (tertiary/aromatic N) is 4. The van der Waals surface area contributed by atoms with E-state index >= 15 is 0 Å². The molecular weight excluding hydrogens is 666 g/mol. The third kappa shape index (κ3) is 8.58. The third-order valence-electron chi connectivity index (χ3n) is 10.5. The molecule has 4 aromatic rings. The van der Waals surface area contributed by atoms with Gasteiger partial charge >= 0.3 is 0 Å². The number of anilines is 1. The highest BCUT2D eigenvalue weighted by Gasteiger charge is 2.37. The van der Waals surface area contributed by atoms with Gasteiger partial charge in [-0.3, -0.25) is 14.5 Å². The molecular formula is C41H51F2N4O5+. The summed E-state index contributed by atoms with van der Waals surface area (Å²) in [6.07, 6.45) is 7.99. The van der Waals surface area contributed by atoms with Gasteiger partial charge in [-0.15, -0.1) is 0 Å². The van der Waals surface area contributed by atoms with Gasteiger partial charge in [0.25, 0.3) is 5.91 Å². The summed E-state index contributed by atoms with van der Waals surface area (Å²) in [7, 11) is 1.56. The van der Waals surface area contributed by atoms with Crippen LogP contribution < -0.4 is 24.5 Å². The van der Waals surface area contributed by atoms with E-state index in [1.54, 1.807) is 42.9 Å². The summed E-state index contributed by atoms with van der Waals surface area (Å²) in [6, 6.07) is 13.5. The Bertz CT molecular complexity index is 1890. The first-order valence-electron chi connectivity index (χ1n) is 18.7. The van der Waals surface area contributed by atoms with Crippen molar-refractivity contribution in [3.8, 4) is 22.9 Å². The molecule has 0 N–H and O–H groups in total. The van der Waals surface area contributed by atoms with Gasteiger partial charge in [0.2, 0.25) is 5.43 Å². The maximum atomic E-state index is 14.2. The number of pyridine rings is 1. The maximum absolute atomic E-state index is 14.2. The minimum atomic E-state index is -0.820. The molecule has 11 heteroatoms. The van der Waals surface area contributed by atoms with Crippen molar-refractivity contribution in [3.63, 3.8) is 0 Å². The Balaban J connectivity index is 1.23. The van der Waals surface area contributed by atoms with Crippen LogP contribution in [0.5, 0.6) is 17.2 Å². The molecule has 2 bridgehead atoms. The number of piperazine rings is 3. The van der Waals surface area contributed by atoms with Gasteiger partial charge in [0.15, 0.2) is 0 Å². The molecule has 0 spiro atoms. The molecule has 278 valence electrons.